The standard InChI is InChI=1S/C16H21ClN2O3S.C15H19ClN2O/c1-23(21,22)19-8-5-16(6-9-19)4-7-18(12-16)15-10-14(17)3-2-13(15)11-20;16-13-2-1-12(10-19)14(9-13)18-8-5-15(11-18)3-6-17-7-4-15/h2-3,10-11H,4-9,12H2,1H3;1-2,9-10,17H,3-8,11H2. The van der Waals surface area contributed by atoms with E-state index in [-0.39, 0.29) is 5.41 Å². The molecule has 228 valence electrons. The summed E-state index contributed by atoms with van der Waals surface area (Å²) in [6, 6.07) is 10.8. The molecule has 0 bridgehead atoms. The van der Waals surface area contributed by atoms with Crippen LogP contribution in [0.5, 0.6) is 0 Å². The largest absolute Gasteiger partial charge is 0.370 e. The maximum absolute atomic E-state index is 11.7. The summed E-state index contributed by atoms with van der Waals surface area (Å²) in [7, 11) is -3.10. The van der Waals surface area contributed by atoms with Crippen molar-refractivity contribution in [3.63, 3.8) is 0 Å². The van der Waals surface area contributed by atoms with Crippen LogP contribution in [0.4, 0.5) is 11.4 Å². The van der Waals surface area contributed by atoms with E-state index in [0.29, 0.717) is 34.1 Å². The van der Waals surface area contributed by atoms with E-state index in [4.69, 9.17) is 23.2 Å². The summed E-state index contributed by atoms with van der Waals surface area (Å²) >= 11 is 12.2. The maximum atomic E-state index is 11.7. The van der Waals surface area contributed by atoms with Crippen molar-refractivity contribution in [2.24, 2.45) is 10.8 Å². The predicted octanol–water partition coefficient (Wildman–Crippen LogP) is 5.14. The molecule has 8 nitrogen and oxygen atoms in total. The molecular weight excluding hydrogens is 595 g/mol. The Labute approximate surface area is 259 Å². The summed E-state index contributed by atoms with van der Waals surface area (Å²) in [5.41, 5.74) is 3.86. The van der Waals surface area contributed by atoms with Crippen molar-refractivity contribution in [1.29, 1.82) is 0 Å². The van der Waals surface area contributed by atoms with Crippen molar-refractivity contribution < 1.29 is 18.0 Å². The number of hydrogen-bond donors (Lipinski definition) is 1. The summed E-state index contributed by atoms with van der Waals surface area (Å²) < 4.78 is 24.9. The molecule has 0 amide bonds. The van der Waals surface area contributed by atoms with Gasteiger partial charge in [0.2, 0.25) is 10.0 Å². The monoisotopic (exact) mass is 634 g/mol. The van der Waals surface area contributed by atoms with Crippen LogP contribution in [0.1, 0.15) is 59.2 Å². The van der Waals surface area contributed by atoms with E-state index in [0.717, 1.165) is 88.0 Å². The van der Waals surface area contributed by atoms with Crippen molar-refractivity contribution in [2.45, 2.75) is 38.5 Å². The van der Waals surface area contributed by atoms with Crippen molar-refractivity contribution in [1.82, 2.24) is 9.62 Å². The summed E-state index contributed by atoms with van der Waals surface area (Å²) in [4.78, 5) is 27.0. The number of nitrogens with zero attached hydrogens (tertiary/aromatic N) is 3. The van der Waals surface area contributed by atoms with Gasteiger partial charge in [0.15, 0.2) is 12.6 Å². The minimum Gasteiger partial charge on any atom is -0.370 e. The van der Waals surface area contributed by atoms with Crippen LogP contribution in [0.15, 0.2) is 36.4 Å². The number of sulfonamides is 1. The summed E-state index contributed by atoms with van der Waals surface area (Å²) in [5.74, 6) is 0. The smallest absolute Gasteiger partial charge is 0.211 e. The third-order valence-electron chi connectivity index (χ3n) is 9.71. The van der Waals surface area contributed by atoms with Crippen LogP contribution >= 0.6 is 23.2 Å². The predicted molar refractivity (Wildman–Crippen MR) is 170 cm³/mol. The molecule has 0 atom stereocenters. The molecule has 4 saturated heterocycles. The molecule has 1 N–H and O–H groups in total. The highest BCUT2D eigenvalue weighted by Gasteiger charge is 2.42. The summed E-state index contributed by atoms with van der Waals surface area (Å²) in [6.07, 6.45) is 9.52. The highest BCUT2D eigenvalue weighted by Crippen LogP contribution is 2.43. The normalized spacial score (nSPS) is 21.8. The van der Waals surface area contributed by atoms with E-state index in [1.165, 1.54) is 25.5 Å². The highest BCUT2D eigenvalue weighted by atomic mass is 35.5. The van der Waals surface area contributed by atoms with Gasteiger partial charge in [-0.05, 0) is 98.8 Å². The molecular formula is C31H40Cl2N4O4S. The number of carbonyl (C=O) groups is 2. The van der Waals surface area contributed by atoms with Gasteiger partial charge in [-0.25, -0.2) is 12.7 Å². The molecule has 0 saturated carbocycles. The zero-order valence-corrected chi connectivity index (χ0v) is 26.5. The first-order valence-corrected chi connectivity index (χ1v) is 17.3. The summed E-state index contributed by atoms with van der Waals surface area (Å²) in [5, 5.41) is 4.75. The topological polar surface area (TPSA) is 90.0 Å². The first kappa shape index (κ1) is 31.3. The van der Waals surface area contributed by atoms with Crippen LogP contribution < -0.4 is 15.1 Å². The Hall–Kier alpha value is -2.17. The van der Waals surface area contributed by atoms with Gasteiger partial charge in [0.25, 0.3) is 0 Å². The fourth-order valence-electron chi connectivity index (χ4n) is 7.13. The van der Waals surface area contributed by atoms with Crippen LogP contribution in [0, 0.1) is 10.8 Å². The average molecular weight is 636 g/mol. The Morgan fingerprint density at radius 2 is 1.14 bits per heavy atom. The lowest BCUT2D eigenvalue weighted by Crippen LogP contribution is -2.43. The Balaban J connectivity index is 0.000000171. The van der Waals surface area contributed by atoms with Gasteiger partial charge in [-0.2, -0.15) is 0 Å². The molecule has 42 heavy (non-hydrogen) atoms. The lowest BCUT2D eigenvalue weighted by atomic mass is 9.78. The number of hydrogen-bond acceptors (Lipinski definition) is 7. The van der Waals surface area contributed by atoms with Gasteiger partial charge < -0.3 is 15.1 Å². The maximum Gasteiger partial charge on any atom is 0.211 e. The minimum absolute atomic E-state index is 0.143. The SMILES string of the molecule is CS(=O)(=O)N1CCC2(CCN(c3cc(Cl)ccc3C=O)C2)CC1.O=Cc1ccc(Cl)cc1N1CCC2(CCNCC2)C1. The fraction of sp³-hybridized carbons (Fsp3) is 0.548. The third kappa shape index (κ3) is 6.97. The molecule has 2 spiro atoms. The van der Waals surface area contributed by atoms with Crippen LogP contribution in [0.25, 0.3) is 0 Å². The van der Waals surface area contributed by atoms with Crippen molar-refractivity contribution in [2.75, 3.05) is 68.4 Å². The van der Waals surface area contributed by atoms with E-state index in [1.54, 1.807) is 22.5 Å². The van der Waals surface area contributed by atoms with Crippen molar-refractivity contribution in [3.05, 3.63) is 57.6 Å². The number of benzene rings is 2. The number of aldehydes is 2. The molecule has 11 heteroatoms. The van der Waals surface area contributed by atoms with Gasteiger partial charge in [-0.3, -0.25) is 9.59 Å². The number of halogens is 2. The Morgan fingerprint density at radius 1 is 0.714 bits per heavy atom. The lowest BCUT2D eigenvalue weighted by Gasteiger charge is -2.38. The first-order valence-electron chi connectivity index (χ1n) is 14.7. The lowest BCUT2D eigenvalue weighted by molar-refractivity contribution is 0.111. The molecule has 0 unspecified atom stereocenters. The number of piperidine rings is 2. The van der Waals surface area contributed by atoms with Gasteiger partial charge in [0.1, 0.15) is 0 Å². The Bertz CT molecular complexity index is 1410. The minimum atomic E-state index is -3.10. The van der Waals surface area contributed by atoms with Gasteiger partial charge in [-0.15, -0.1) is 0 Å². The van der Waals surface area contributed by atoms with Crippen molar-refractivity contribution >= 4 is 57.2 Å². The van der Waals surface area contributed by atoms with E-state index >= 15 is 0 Å². The second-order valence-electron chi connectivity index (χ2n) is 12.4. The third-order valence-corrected chi connectivity index (χ3v) is 11.5. The molecule has 4 heterocycles. The quantitative estimate of drug-likeness (QED) is 0.456. The number of rotatable bonds is 5. The van der Waals surface area contributed by atoms with Crippen LogP contribution in [0.3, 0.4) is 0 Å². The molecule has 4 aliphatic heterocycles. The average Bonchev–Trinajstić information content (AvgIpc) is 3.58. The molecule has 2 aromatic rings. The fourth-order valence-corrected chi connectivity index (χ4v) is 8.31. The zero-order chi connectivity index (χ0) is 30.0. The van der Waals surface area contributed by atoms with Gasteiger partial charge in [0, 0.05) is 71.8 Å². The molecule has 0 aliphatic carbocycles. The number of anilines is 2. The van der Waals surface area contributed by atoms with E-state index in [9.17, 15) is 18.0 Å². The first-order chi connectivity index (χ1) is 20.1. The van der Waals surface area contributed by atoms with Crippen LogP contribution in [-0.2, 0) is 10.0 Å². The molecule has 6 rings (SSSR count). The van der Waals surface area contributed by atoms with Gasteiger partial charge in [0.05, 0.1) is 6.26 Å². The highest BCUT2D eigenvalue weighted by molar-refractivity contribution is 7.88. The molecule has 0 aromatic heterocycles. The molecule has 4 fully saturated rings. The van der Waals surface area contributed by atoms with Crippen molar-refractivity contribution in [3.8, 4) is 0 Å². The van der Waals surface area contributed by atoms with Gasteiger partial charge in [-0.1, -0.05) is 23.2 Å². The second-order valence-corrected chi connectivity index (χ2v) is 15.3. The zero-order valence-electron chi connectivity index (χ0n) is 24.2. The Morgan fingerprint density at radius 3 is 1.57 bits per heavy atom. The number of nitrogens with one attached hydrogen (secondary N) is 1. The van der Waals surface area contributed by atoms with E-state index < -0.39 is 10.0 Å². The van der Waals surface area contributed by atoms with Crippen LogP contribution in [0.2, 0.25) is 10.0 Å². The van der Waals surface area contributed by atoms with E-state index in [1.807, 2.05) is 18.2 Å². The molecule has 0 radical (unpaired) electrons. The molecule has 4 aliphatic rings. The summed E-state index contributed by atoms with van der Waals surface area (Å²) in [6.45, 7) is 7.21. The van der Waals surface area contributed by atoms with Crippen LogP contribution in [-0.4, -0.2) is 83.9 Å². The van der Waals surface area contributed by atoms with E-state index in [2.05, 4.69) is 15.1 Å². The number of carbonyl (C=O) groups excluding carboxylic acids is 2. The second kappa shape index (κ2) is 12.8. The Kier molecular flexibility index (Phi) is 9.54. The van der Waals surface area contributed by atoms with Gasteiger partial charge >= 0.3 is 0 Å². The molecule has 2 aromatic carbocycles.